The van der Waals surface area contributed by atoms with Gasteiger partial charge in [0, 0.05) is 37.7 Å². The second-order valence-electron chi connectivity index (χ2n) is 5.39. The third kappa shape index (κ3) is 4.19. The Kier molecular flexibility index (Phi) is 6.19. The zero-order valence-corrected chi connectivity index (χ0v) is 14.3. The van der Waals surface area contributed by atoms with Gasteiger partial charge in [0.2, 0.25) is 0 Å². The van der Waals surface area contributed by atoms with E-state index in [0.29, 0.717) is 6.04 Å². The normalized spacial score (nSPS) is 18.5. The number of hydrogen-bond acceptors (Lipinski definition) is 3. The summed E-state index contributed by atoms with van der Waals surface area (Å²) < 4.78 is 5.45. The first-order valence-electron chi connectivity index (χ1n) is 7.73. The largest absolute Gasteiger partial charge is 0.495 e. The molecule has 1 unspecified atom stereocenters. The molecule has 0 aromatic heterocycles. The first-order chi connectivity index (χ1) is 10.7. The SMILES string of the molecule is CCCNC(=NC)NC1CCN(c2cc(Cl)ccc2OC)C1. The summed E-state index contributed by atoms with van der Waals surface area (Å²) in [6.45, 7) is 4.95. The van der Waals surface area contributed by atoms with E-state index in [1.54, 1.807) is 14.2 Å². The maximum absolute atomic E-state index is 6.13. The van der Waals surface area contributed by atoms with Crippen LogP contribution in [0.1, 0.15) is 19.8 Å². The minimum absolute atomic E-state index is 0.367. The fraction of sp³-hybridized carbons (Fsp3) is 0.562. The molecule has 0 saturated carbocycles. The van der Waals surface area contributed by atoms with Crippen molar-refractivity contribution in [3.05, 3.63) is 23.2 Å². The first kappa shape index (κ1) is 16.7. The number of rotatable bonds is 5. The van der Waals surface area contributed by atoms with Gasteiger partial charge in [-0.1, -0.05) is 18.5 Å². The van der Waals surface area contributed by atoms with Gasteiger partial charge in [-0.25, -0.2) is 0 Å². The van der Waals surface area contributed by atoms with E-state index in [9.17, 15) is 0 Å². The molecule has 0 spiro atoms. The Morgan fingerprint density at radius 1 is 1.50 bits per heavy atom. The molecule has 0 radical (unpaired) electrons. The summed E-state index contributed by atoms with van der Waals surface area (Å²) in [5, 5.41) is 7.51. The highest BCUT2D eigenvalue weighted by Gasteiger charge is 2.25. The summed E-state index contributed by atoms with van der Waals surface area (Å²) in [5.41, 5.74) is 1.05. The van der Waals surface area contributed by atoms with Crippen LogP contribution in [0.4, 0.5) is 5.69 Å². The van der Waals surface area contributed by atoms with Gasteiger partial charge in [-0.15, -0.1) is 0 Å². The van der Waals surface area contributed by atoms with E-state index in [2.05, 4.69) is 27.4 Å². The fourth-order valence-electron chi connectivity index (χ4n) is 2.64. The van der Waals surface area contributed by atoms with E-state index < -0.39 is 0 Å². The third-order valence-electron chi connectivity index (χ3n) is 3.78. The van der Waals surface area contributed by atoms with Crippen molar-refractivity contribution < 1.29 is 4.74 Å². The van der Waals surface area contributed by atoms with E-state index in [0.717, 1.165) is 54.9 Å². The topological polar surface area (TPSA) is 48.9 Å². The van der Waals surface area contributed by atoms with Crippen LogP contribution in [0.3, 0.4) is 0 Å². The zero-order valence-electron chi connectivity index (χ0n) is 13.5. The maximum atomic E-state index is 6.13. The van der Waals surface area contributed by atoms with Crippen molar-refractivity contribution in [1.82, 2.24) is 10.6 Å². The van der Waals surface area contributed by atoms with Crippen molar-refractivity contribution in [3.63, 3.8) is 0 Å². The molecule has 1 aliphatic heterocycles. The molecule has 0 bridgehead atoms. The van der Waals surface area contributed by atoms with Gasteiger partial charge < -0.3 is 20.3 Å². The summed E-state index contributed by atoms with van der Waals surface area (Å²) in [4.78, 5) is 6.57. The molecular weight excluding hydrogens is 300 g/mol. The Morgan fingerprint density at radius 3 is 3.00 bits per heavy atom. The molecule has 1 aromatic rings. The molecular formula is C16H25ClN4O. The molecule has 122 valence electrons. The van der Waals surface area contributed by atoms with Crippen molar-refractivity contribution in [2.24, 2.45) is 4.99 Å². The number of halogens is 1. The van der Waals surface area contributed by atoms with Gasteiger partial charge in [0.25, 0.3) is 0 Å². The Bertz CT molecular complexity index is 521. The van der Waals surface area contributed by atoms with Gasteiger partial charge in [0.05, 0.1) is 12.8 Å². The van der Waals surface area contributed by atoms with Crippen LogP contribution in [0.15, 0.2) is 23.2 Å². The van der Waals surface area contributed by atoms with Crippen LogP contribution in [-0.4, -0.2) is 45.8 Å². The molecule has 2 rings (SSSR count). The highest BCUT2D eigenvalue weighted by atomic mass is 35.5. The quantitative estimate of drug-likeness (QED) is 0.645. The van der Waals surface area contributed by atoms with Crippen LogP contribution < -0.4 is 20.3 Å². The summed E-state index contributed by atoms with van der Waals surface area (Å²) >= 11 is 6.13. The first-order valence-corrected chi connectivity index (χ1v) is 8.11. The minimum Gasteiger partial charge on any atom is -0.495 e. The Labute approximate surface area is 137 Å². The number of benzene rings is 1. The van der Waals surface area contributed by atoms with Crippen LogP contribution in [-0.2, 0) is 0 Å². The molecule has 1 fully saturated rings. The number of methoxy groups -OCH3 is 1. The zero-order chi connectivity index (χ0) is 15.9. The molecule has 6 heteroatoms. The van der Waals surface area contributed by atoms with Gasteiger partial charge in [0.15, 0.2) is 5.96 Å². The minimum atomic E-state index is 0.367. The van der Waals surface area contributed by atoms with E-state index in [-0.39, 0.29) is 0 Å². The molecule has 1 aliphatic rings. The lowest BCUT2D eigenvalue weighted by molar-refractivity contribution is 0.415. The maximum Gasteiger partial charge on any atom is 0.191 e. The highest BCUT2D eigenvalue weighted by Crippen LogP contribution is 2.33. The summed E-state index contributed by atoms with van der Waals surface area (Å²) in [6.07, 6.45) is 2.14. The number of ether oxygens (including phenoxy) is 1. The Balaban J connectivity index is 1.99. The standard InChI is InChI=1S/C16H25ClN4O/c1-4-8-19-16(18-2)20-13-7-9-21(11-13)14-10-12(17)5-6-15(14)22-3/h5-6,10,13H,4,7-9,11H2,1-3H3,(H2,18,19,20). The Hall–Kier alpha value is -1.62. The van der Waals surface area contributed by atoms with Crippen LogP contribution in [0.25, 0.3) is 0 Å². The van der Waals surface area contributed by atoms with Crippen molar-refractivity contribution in [3.8, 4) is 5.75 Å². The highest BCUT2D eigenvalue weighted by molar-refractivity contribution is 6.30. The molecule has 1 heterocycles. The smallest absolute Gasteiger partial charge is 0.191 e. The fourth-order valence-corrected chi connectivity index (χ4v) is 2.80. The molecule has 0 aliphatic carbocycles. The van der Waals surface area contributed by atoms with Crippen LogP contribution in [0.5, 0.6) is 5.75 Å². The lowest BCUT2D eigenvalue weighted by Crippen LogP contribution is -2.44. The number of guanidine groups is 1. The van der Waals surface area contributed by atoms with E-state index in [1.165, 1.54) is 0 Å². The Morgan fingerprint density at radius 2 is 2.32 bits per heavy atom. The van der Waals surface area contributed by atoms with Crippen LogP contribution >= 0.6 is 11.6 Å². The number of aliphatic imine (C=N–C) groups is 1. The molecule has 2 N–H and O–H groups in total. The predicted molar refractivity (Wildman–Crippen MR) is 93.4 cm³/mol. The predicted octanol–water partition coefficient (Wildman–Crippen LogP) is 2.50. The summed E-state index contributed by atoms with van der Waals surface area (Å²) in [6, 6.07) is 6.10. The van der Waals surface area contributed by atoms with Gasteiger partial charge in [-0.2, -0.15) is 0 Å². The molecule has 1 saturated heterocycles. The van der Waals surface area contributed by atoms with E-state index in [1.807, 2.05) is 18.2 Å². The van der Waals surface area contributed by atoms with Gasteiger partial charge in [-0.3, -0.25) is 4.99 Å². The average Bonchev–Trinajstić information content (AvgIpc) is 2.99. The lowest BCUT2D eigenvalue weighted by Gasteiger charge is -2.22. The van der Waals surface area contributed by atoms with Gasteiger partial charge >= 0.3 is 0 Å². The molecule has 5 nitrogen and oxygen atoms in total. The monoisotopic (exact) mass is 324 g/mol. The number of hydrogen-bond donors (Lipinski definition) is 2. The second kappa shape index (κ2) is 8.13. The molecule has 22 heavy (non-hydrogen) atoms. The van der Waals surface area contributed by atoms with E-state index in [4.69, 9.17) is 16.3 Å². The lowest BCUT2D eigenvalue weighted by atomic mass is 10.2. The van der Waals surface area contributed by atoms with Gasteiger partial charge in [0.1, 0.15) is 5.75 Å². The van der Waals surface area contributed by atoms with Crippen LogP contribution in [0.2, 0.25) is 5.02 Å². The second-order valence-corrected chi connectivity index (χ2v) is 5.83. The van der Waals surface area contributed by atoms with Crippen molar-refractivity contribution in [1.29, 1.82) is 0 Å². The molecule has 0 amide bonds. The van der Waals surface area contributed by atoms with Crippen molar-refractivity contribution in [2.45, 2.75) is 25.8 Å². The van der Waals surface area contributed by atoms with Crippen molar-refractivity contribution in [2.75, 3.05) is 38.7 Å². The number of nitrogens with one attached hydrogen (secondary N) is 2. The molecule has 1 atom stereocenters. The van der Waals surface area contributed by atoms with Crippen LogP contribution in [0, 0.1) is 0 Å². The van der Waals surface area contributed by atoms with E-state index >= 15 is 0 Å². The summed E-state index contributed by atoms with van der Waals surface area (Å²) in [5.74, 6) is 1.73. The average molecular weight is 325 g/mol. The summed E-state index contributed by atoms with van der Waals surface area (Å²) in [7, 11) is 3.49. The number of nitrogens with zero attached hydrogens (tertiary/aromatic N) is 2. The van der Waals surface area contributed by atoms with Gasteiger partial charge in [-0.05, 0) is 31.0 Å². The molecule has 1 aromatic carbocycles. The third-order valence-corrected chi connectivity index (χ3v) is 4.01. The van der Waals surface area contributed by atoms with Crippen molar-refractivity contribution >= 4 is 23.2 Å². The number of anilines is 1.